The Morgan fingerprint density at radius 3 is 2.19 bits per heavy atom. The predicted octanol–water partition coefficient (Wildman–Crippen LogP) is 6.12. The zero-order valence-corrected chi connectivity index (χ0v) is 21.4. The highest BCUT2D eigenvalue weighted by atomic mass is 16.6. The molecule has 1 aliphatic rings. The van der Waals surface area contributed by atoms with Crippen molar-refractivity contribution in [2.75, 3.05) is 6.61 Å². The maximum Gasteiger partial charge on any atom is 0.407 e. The third kappa shape index (κ3) is 5.97. The van der Waals surface area contributed by atoms with Crippen LogP contribution in [0.3, 0.4) is 0 Å². The van der Waals surface area contributed by atoms with E-state index < -0.39 is 23.7 Å². The van der Waals surface area contributed by atoms with Gasteiger partial charge in [0.25, 0.3) is 0 Å². The lowest BCUT2D eigenvalue weighted by atomic mass is 9.98. The van der Waals surface area contributed by atoms with Crippen molar-refractivity contribution in [1.29, 1.82) is 5.41 Å². The van der Waals surface area contributed by atoms with E-state index in [9.17, 15) is 9.59 Å². The SMILES string of the molecule is C=Cc1cc(C[C@H](NC(=O)OCC2c3ccccc3-c3ccccc32)C(=O)OC(C)(C)C)ccc1C=N. The Labute approximate surface area is 217 Å². The molecule has 0 radical (unpaired) electrons. The van der Waals surface area contributed by atoms with E-state index >= 15 is 0 Å². The molecule has 0 aromatic heterocycles. The van der Waals surface area contributed by atoms with E-state index in [0.717, 1.165) is 38.9 Å². The second-order valence-corrected chi connectivity index (χ2v) is 10.1. The fourth-order valence-electron chi connectivity index (χ4n) is 4.64. The Bertz CT molecular complexity index is 1290. The third-order valence-corrected chi connectivity index (χ3v) is 6.29. The van der Waals surface area contributed by atoms with Crippen LogP contribution in [0.2, 0.25) is 0 Å². The average Bonchev–Trinajstić information content (AvgIpc) is 3.19. The van der Waals surface area contributed by atoms with Crippen molar-refractivity contribution in [3.05, 3.63) is 101 Å². The number of esters is 1. The molecule has 1 aliphatic carbocycles. The van der Waals surface area contributed by atoms with Crippen LogP contribution in [0.4, 0.5) is 4.79 Å². The van der Waals surface area contributed by atoms with E-state index in [4.69, 9.17) is 14.9 Å². The van der Waals surface area contributed by atoms with Crippen molar-refractivity contribution >= 4 is 24.4 Å². The van der Waals surface area contributed by atoms with E-state index in [1.165, 1.54) is 6.21 Å². The van der Waals surface area contributed by atoms with Crippen LogP contribution in [-0.4, -0.2) is 36.5 Å². The minimum atomic E-state index is -0.946. The van der Waals surface area contributed by atoms with Crippen molar-refractivity contribution < 1.29 is 19.1 Å². The molecule has 0 saturated heterocycles. The smallest absolute Gasteiger partial charge is 0.407 e. The number of nitrogens with one attached hydrogen (secondary N) is 2. The molecule has 1 amide bonds. The Morgan fingerprint density at radius 2 is 1.62 bits per heavy atom. The standard InChI is InChI=1S/C31H32N2O4/c1-5-21-16-20(14-15-22(21)18-32)17-28(29(34)37-31(2,3)4)33-30(35)36-19-27-25-12-8-6-10-23(25)24-11-7-9-13-26(24)27/h5-16,18,27-28,32H,1,17,19H2,2-4H3,(H,33,35)/t28-/m0/s1. The van der Waals surface area contributed by atoms with Crippen LogP contribution in [0.5, 0.6) is 0 Å². The number of hydrogen-bond acceptors (Lipinski definition) is 5. The number of carbonyl (C=O) groups excluding carboxylic acids is 2. The summed E-state index contributed by atoms with van der Waals surface area (Å²) in [5.74, 6) is -0.626. The number of benzene rings is 3. The lowest BCUT2D eigenvalue weighted by molar-refractivity contribution is -0.157. The molecule has 3 aromatic carbocycles. The lowest BCUT2D eigenvalue weighted by Crippen LogP contribution is -2.46. The molecule has 37 heavy (non-hydrogen) atoms. The van der Waals surface area contributed by atoms with Crippen molar-refractivity contribution in [2.24, 2.45) is 0 Å². The summed E-state index contributed by atoms with van der Waals surface area (Å²) in [6.45, 7) is 9.29. The van der Waals surface area contributed by atoms with Gasteiger partial charge in [0.1, 0.15) is 18.2 Å². The van der Waals surface area contributed by atoms with Gasteiger partial charge in [0.05, 0.1) is 0 Å². The quantitative estimate of drug-likeness (QED) is 0.291. The molecule has 190 valence electrons. The second kappa shape index (κ2) is 10.8. The van der Waals surface area contributed by atoms with Crippen LogP contribution in [0, 0.1) is 5.41 Å². The average molecular weight is 497 g/mol. The number of alkyl carbamates (subject to hydrolysis) is 1. The number of amides is 1. The van der Waals surface area contributed by atoms with E-state index in [2.05, 4.69) is 36.2 Å². The minimum Gasteiger partial charge on any atom is -0.458 e. The fourth-order valence-corrected chi connectivity index (χ4v) is 4.64. The molecule has 6 heteroatoms. The molecule has 0 unspecified atom stereocenters. The molecule has 0 spiro atoms. The number of rotatable bonds is 8. The summed E-state index contributed by atoms with van der Waals surface area (Å²) in [6, 6.07) is 20.8. The molecule has 0 heterocycles. The normalized spacial score (nSPS) is 13.2. The Morgan fingerprint density at radius 1 is 1.00 bits per heavy atom. The van der Waals surface area contributed by atoms with E-state index in [-0.39, 0.29) is 18.9 Å². The van der Waals surface area contributed by atoms with Gasteiger partial charge in [0.2, 0.25) is 0 Å². The van der Waals surface area contributed by atoms with Crippen LogP contribution in [0.25, 0.3) is 17.2 Å². The van der Waals surface area contributed by atoms with Crippen molar-refractivity contribution in [3.63, 3.8) is 0 Å². The molecule has 0 bridgehead atoms. The molecular formula is C31H32N2O4. The maximum atomic E-state index is 13.0. The highest BCUT2D eigenvalue weighted by Gasteiger charge is 2.31. The summed E-state index contributed by atoms with van der Waals surface area (Å²) in [5, 5.41) is 10.3. The van der Waals surface area contributed by atoms with Gasteiger partial charge in [-0.05, 0) is 59.7 Å². The first-order chi connectivity index (χ1) is 17.7. The fraction of sp³-hybridized carbons (Fsp3) is 0.258. The molecule has 0 saturated carbocycles. The van der Waals surface area contributed by atoms with Gasteiger partial charge in [-0.3, -0.25) is 0 Å². The number of ether oxygens (including phenoxy) is 2. The van der Waals surface area contributed by atoms with Gasteiger partial charge in [-0.25, -0.2) is 9.59 Å². The first-order valence-corrected chi connectivity index (χ1v) is 12.3. The predicted molar refractivity (Wildman–Crippen MR) is 146 cm³/mol. The van der Waals surface area contributed by atoms with Gasteiger partial charge < -0.3 is 20.2 Å². The van der Waals surface area contributed by atoms with Crippen LogP contribution >= 0.6 is 0 Å². The third-order valence-electron chi connectivity index (χ3n) is 6.29. The first-order valence-electron chi connectivity index (χ1n) is 12.3. The Kier molecular flexibility index (Phi) is 7.58. The van der Waals surface area contributed by atoms with Crippen LogP contribution in [-0.2, 0) is 20.7 Å². The van der Waals surface area contributed by atoms with Gasteiger partial charge in [-0.2, -0.15) is 0 Å². The molecular weight excluding hydrogens is 464 g/mol. The molecule has 3 aromatic rings. The molecule has 0 aliphatic heterocycles. The molecule has 4 rings (SSSR count). The van der Waals surface area contributed by atoms with Crippen LogP contribution in [0.1, 0.15) is 54.5 Å². The van der Waals surface area contributed by atoms with Crippen LogP contribution < -0.4 is 5.32 Å². The number of carbonyl (C=O) groups is 2. The Hall–Kier alpha value is -4.19. The van der Waals surface area contributed by atoms with Crippen LogP contribution in [0.15, 0.2) is 73.3 Å². The van der Waals surface area contributed by atoms with Gasteiger partial charge in [0, 0.05) is 18.6 Å². The second-order valence-electron chi connectivity index (χ2n) is 10.1. The largest absolute Gasteiger partial charge is 0.458 e. The highest BCUT2D eigenvalue weighted by Crippen LogP contribution is 2.44. The molecule has 1 atom stereocenters. The van der Waals surface area contributed by atoms with Crippen molar-refractivity contribution in [1.82, 2.24) is 5.32 Å². The zero-order chi connectivity index (χ0) is 26.6. The van der Waals surface area contributed by atoms with E-state index in [0.29, 0.717) is 0 Å². The van der Waals surface area contributed by atoms with E-state index in [1.54, 1.807) is 32.9 Å². The van der Waals surface area contributed by atoms with Gasteiger partial charge >= 0.3 is 12.1 Å². The summed E-state index contributed by atoms with van der Waals surface area (Å²) in [7, 11) is 0. The van der Waals surface area contributed by atoms with Crippen molar-refractivity contribution in [3.8, 4) is 11.1 Å². The van der Waals surface area contributed by atoms with Gasteiger partial charge in [0.15, 0.2) is 0 Å². The monoisotopic (exact) mass is 496 g/mol. The van der Waals surface area contributed by atoms with E-state index in [1.807, 2.05) is 36.4 Å². The molecule has 6 nitrogen and oxygen atoms in total. The zero-order valence-electron chi connectivity index (χ0n) is 21.4. The summed E-state index contributed by atoms with van der Waals surface area (Å²) >= 11 is 0. The maximum absolute atomic E-state index is 13.0. The Balaban J connectivity index is 1.50. The molecule has 0 fully saturated rings. The lowest BCUT2D eigenvalue weighted by Gasteiger charge is -2.25. The summed E-state index contributed by atoms with van der Waals surface area (Å²) in [6.07, 6.45) is 2.43. The number of fused-ring (bicyclic) bond motifs is 3. The van der Waals surface area contributed by atoms with Crippen molar-refractivity contribution in [2.45, 2.75) is 44.8 Å². The highest BCUT2D eigenvalue weighted by molar-refractivity contribution is 5.84. The van der Waals surface area contributed by atoms with Gasteiger partial charge in [-0.15, -0.1) is 0 Å². The minimum absolute atomic E-state index is 0.0815. The first kappa shape index (κ1) is 25.9. The topological polar surface area (TPSA) is 88.5 Å². The number of hydrogen-bond donors (Lipinski definition) is 2. The molecule has 2 N–H and O–H groups in total. The van der Waals surface area contributed by atoms with Gasteiger partial charge in [-0.1, -0.05) is 79.4 Å². The summed E-state index contributed by atoms with van der Waals surface area (Å²) < 4.78 is 11.2. The summed E-state index contributed by atoms with van der Waals surface area (Å²) in [5.41, 5.74) is 6.10. The summed E-state index contributed by atoms with van der Waals surface area (Å²) in [4.78, 5) is 25.9.